The number of aryl methyl sites for hydroxylation is 1. The molecule has 0 radical (unpaired) electrons. The number of hydrogen-bond donors (Lipinski definition) is 2. The Morgan fingerprint density at radius 3 is 2.78 bits per heavy atom. The first-order valence-corrected chi connectivity index (χ1v) is 7.26. The largest absolute Gasteiger partial charge is 0.481 e. The van der Waals surface area contributed by atoms with Crippen LogP contribution in [0.5, 0.6) is 0 Å². The summed E-state index contributed by atoms with van der Waals surface area (Å²) in [5.74, 6) is -0.996. The van der Waals surface area contributed by atoms with Gasteiger partial charge in [-0.2, -0.15) is 4.52 Å². The molecular formula is C15H13ClN4O3. The number of nitrogens with one attached hydrogen (secondary N) is 1. The number of aromatic amines is 1. The van der Waals surface area contributed by atoms with Crippen molar-refractivity contribution in [1.82, 2.24) is 19.8 Å². The van der Waals surface area contributed by atoms with Gasteiger partial charge in [-0.25, -0.2) is 0 Å². The lowest BCUT2D eigenvalue weighted by atomic mass is 10.1. The van der Waals surface area contributed by atoms with Crippen LogP contribution in [0.25, 0.3) is 5.65 Å². The molecule has 0 aliphatic rings. The first-order valence-electron chi connectivity index (χ1n) is 6.88. The van der Waals surface area contributed by atoms with Gasteiger partial charge in [-0.1, -0.05) is 29.8 Å². The number of nitrogens with zero attached hydrogens (tertiary/aromatic N) is 3. The zero-order chi connectivity index (χ0) is 16.6. The number of carboxylic acid groups (broad SMARTS) is 1. The highest BCUT2D eigenvalue weighted by Crippen LogP contribution is 2.17. The van der Waals surface area contributed by atoms with Gasteiger partial charge in [-0.3, -0.25) is 14.7 Å². The molecule has 0 spiro atoms. The molecule has 0 aliphatic heterocycles. The van der Waals surface area contributed by atoms with E-state index in [-0.39, 0.29) is 29.7 Å². The highest BCUT2D eigenvalue weighted by molar-refractivity contribution is 6.31. The molecule has 7 nitrogen and oxygen atoms in total. The van der Waals surface area contributed by atoms with Crippen LogP contribution < -0.4 is 5.56 Å². The maximum absolute atomic E-state index is 12.5. The SMILES string of the molecule is Cc1[nH]n2c(=O)c(Cc3ccccc3Cl)nnc2c1CC(=O)O. The molecule has 0 saturated heterocycles. The Bertz CT molecular complexity index is 961. The summed E-state index contributed by atoms with van der Waals surface area (Å²) in [6.45, 7) is 1.69. The molecule has 0 aliphatic carbocycles. The van der Waals surface area contributed by atoms with E-state index in [0.717, 1.165) is 5.56 Å². The average molecular weight is 333 g/mol. The van der Waals surface area contributed by atoms with Gasteiger partial charge in [0.2, 0.25) is 0 Å². The number of halogens is 1. The maximum Gasteiger partial charge on any atom is 0.308 e. The van der Waals surface area contributed by atoms with Crippen molar-refractivity contribution in [3.63, 3.8) is 0 Å². The van der Waals surface area contributed by atoms with Gasteiger partial charge in [-0.05, 0) is 18.6 Å². The Hall–Kier alpha value is -2.67. The molecular weight excluding hydrogens is 320 g/mol. The highest BCUT2D eigenvalue weighted by atomic mass is 35.5. The van der Waals surface area contributed by atoms with Gasteiger partial charge in [0.05, 0.1) is 6.42 Å². The van der Waals surface area contributed by atoms with Crippen molar-refractivity contribution in [2.45, 2.75) is 19.8 Å². The van der Waals surface area contributed by atoms with E-state index in [0.29, 0.717) is 16.3 Å². The lowest BCUT2D eigenvalue weighted by Crippen LogP contribution is -2.22. The predicted octanol–water partition coefficient (Wildman–Crippen LogP) is 1.60. The first-order chi connectivity index (χ1) is 11.0. The molecule has 118 valence electrons. The van der Waals surface area contributed by atoms with E-state index in [1.165, 1.54) is 4.52 Å². The monoisotopic (exact) mass is 332 g/mol. The van der Waals surface area contributed by atoms with Crippen LogP contribution in [0.1, 0.15) is 22.5 Å². The number of carboxylic acids is 1. The third kappa shape index (κ3) is 2.83. The molecule has 0 saturated carbocycles. The molecule has 2 N–H and O–H groups in total. The van der Waals surface area contributed by atoms with Gasteiger partial charge in [-0.15, -0.1) is 10.2 Å². The minimum Gasteiger partial charge on any atom is -0.481 e. The quantitative estimate of drug-likeness (QED) is 0.755. The number of benzene rings is 1. The fourth-order valence-corrected chi connectivity index (χ4v) is 2.62. The standard InChI is InChI=1S/C15H13ClN4O3/c1-8-10(7-13(21)22)14-18-17-12(15(23)20(14)19-8)6-9-4-2-3-5-11(9)16/h2-5,19H,6-7H2,1H3,(H,21,22). The van der Waals surface area contributed by atoms with Gasteiger partial charge < -0.3 is 5.11 Å². The van der Waals surface area contributed by atoms with Crippen molar-refractivity contribution >= 4 is 23.2 Å². The summed E-state index contributed by atoms with van der Waals surface area (Å²) >= 11 is 6.10. The van der Waals surface area contributed by atoms with Gasteiger partial charge in [0.25, 0.3) is 5.56 Å². The number of H-pyrrole nitrogens is 1. The van der Waals surface area contributed by atoms with Crippen LogP contribution in [0, 0.1) is 6.92 Å². The Labute approximate surface area is 135 Å². The second-order valence-electron chi connectivity index (χ2n) is 5.16. The predicted molar refractivity (Wildman–Crippen MR) is 83.9 cm³/mol. The summed E-state index contributed by atoms with van der Waals surface area (Å²) < 4.78 is 1.23. The Morgan fingerprint density at radius 2 is 2.09 bits per heavy atom. The van der Waals surface area contributed by atoms with E-state index in [1.54, 1.807) is 19.1 Å². The van der Waals surface area contributed by atoms with Crippen LogP contribution in [0.4, 0.5) is 0 Å². The molecule has 3 aromatic rings. The van der Waals surface area contributed by atoms with Crippen LogP contribution in [-0.2, 0) is 17.6 Å². The van der Waals surface area contributed by atoms with Crippen LogP contribution in [0.2, 0.25) is 5.02 Å². The normalized spacial score (nSPS) is 11.0. The lowest BCUT2D eigenvalue weighted by Gasteiger charge is -2.03. The van der Waals surface area contributed by atoms with E-state index in [9.17, 15) is 9.59 Å². The topological polar surface area (TPSA) is 100 Å². The van der Waals surface area contributed by atoms with Crippen molar-refractivity contribution in [2.75, 3.05) is 0 Å². The van der Waals surface area contributed by atoms with Crippen LogP contribution in [0.15, 0.2) is 29.1 Å². The molecule has 0 atom stereocenters. The number of rotatable bonds is 4. The zero-order valence-electron chi connectivity index (χ0n) is 12.2. The number of fused-ring (bicyclic) bond motifs is 1. The van der Waals surface area contributed by atoms with E-state index in [2.05, 4.69) is 15.3 Å². The summed E-state index contributed by atoms with van der Waals surface area (Å²) in [5, 5.41) is 20.3. The molecule has 0 unspecified atom stereocenters. The summed E-state index contributed by atoms with van der Waals surface area (Å²) in [6.07, 6.45) is 0.0254. The number of aliphatic carboxylic acids is 1. The van der Waals surface area contributed by atoms with Crippen molar-refractivity contribution in [2.24, 2.45) is 0 Å². The van der Waals surface area contributed by atoms with Gasteiger partial charge in [0.15, 0.2) is 5.65 Å². The summed E-state index contributed by atoms with van der Waals surface area (Å²) in [7, 11) is 0. The van der Waals surface area contributed by atoms with Gasteiger partial charge in [0, 0.05) is 22.7 Å². The first kappa shape index (κ1) is 15.2. The van der Waals surface area contributed by atoms with E-state index >= 15 is 0 Å². The molecule has 2 aromatic heterocycles. The number of carbonyl (C=O) groups is 1. The van der Waals surface area contributed by atoms with Crippen LogP contribution in [0.3, 0.4) is 0 Å². The molecule has 23 heavy (non-hydrogen) atoms. The Balaban J connectivity index is 2.08. The number of hydrogen-bond acceptors (Lipinski definition) is 4. The fraction of sp³-hybridized carbons (Fsp3) is 0.200. The van der Waals surface area contributed by atoms with E-state index < -0.39 is 5.97 Å². The average Bonchev–Trinajstić information content (AvgIpc) is 2.81. The van der Waals surface area contributed by atoms with Crippen molar-refractivity contribution in [3.05, 3.63) is 62.2 Å². The zero-order valence-corrected chi connectivity index (χ0v) is 13.0. The highest BCUT2D eigenvalue weighted by Gasteiger charge is 2.17. The second-order valence-corrected chi connectivity index (χ2v) is 5.57. The van der Waals surface area contributed by atoms with Gasteiger partial charge >= 0.3 is 5.97 Å². The molecule has 1 aromatic carbocycles. The Kier molecular flexibility index (Phi) is 3.87. The Morgan fingerprint density at radius 1 is 1.35 bits per heavy atom. The molecule has 3 rings (SSSR count). The second kappa shape index (κ2) is 5.85. The van der Waals surface area contributed by atoms with E-state index in [4.69, 9.17) is 16.7 Å². The van der Waals surface area contributed by atoms with E-state index in [1.807, 2.05) is 12.1 Å². The summed E-state index contributed by atoms with van der Waals surface area (Å²) in [4.78, 5) is 23.5. The lowest BCUT2D eigenvalue weighted by molar-refractivity contribution is -0.136. The van der Waals surface area contributed by atoms with Crippen LogP contribution >= 0.6 is 11.6 Å². The molecule has 0 amide bonds. The molecule has 0 fully saturated rings. The smallest absolute Gasteiger partial charge is 0.308 e. The molecule has 2 heterocycles. The molecule has 8 heteroatoms. The minimum atomic E-state index is -0.996. The minimum absolute atomic E-state index is 0.225. The van der Waals surface area contributed by atoms with Crippen molar-refractivity contribution in [1.29, 1.82) is 0 Å². The summed E-state index contributed by atoms with van der Waals surface area (Å²) in [6, 6.07) is 7.19. The third-order valence-electron chi connectivity index (χ3n) is 3.57. The van der Waals surface area contributed by atoms with Gasteiger partial charge in [0.1, 0.15) is 5.69 Å². The van der Waals surface area contributed by atoms with Crippen LogP contribution in [-0.4, -0.2) is 30.9 Å². The molecule has 0 bridgehead atoms. The van der Waals surface area contributed by atoms with Crippen molar-refractivity contribution < 1.29 is 9.90 Å². The number of aromatic nitrogens is 4. The summed E-state index contributed by atoms with van der Waals surface area (Å²) in [5.41, 5.74) is 1.90. The van der Waals surface area contributed by atoms with Crippen molar-refractivity contribution in [3.8, 4) is 0 Å². The third-order valence-corrected chi connectivity index (χ3v) is 3.94. The fourth-order valence-electron chi connectivity index (χ4n) is 2.42. The maximum atomic E-state index is 12.5.